The molecule has 0 unspecified atom stereocenters. The van der Waals surface area contributed by atoms with Gasteiger partial charge in [0.1, 0.15) is 13.2 Å². The second-order valence-electron chi connectivity index (χ2n) is 19.3. The largest absolute Gasteiger partial charge is 0.462 e. The summed E-state index contributed by atoms with van der Waals surface area (Å²) >= 11 is 0. The summed E-state index contributed by atoms with van der Waals surface area (Å²) in [5, 5.41) is 0. The average Bonchev–Trinajstić information content (AvgIpc) is 3.24. The number of hydrogen-bond acceptors (Lipinski definition) is 6. The normalized spacial score (nSPS) is 12.0. The van der Waals surface area contributed by atoms with E-state index in [1.165, 1.54) is 205 Å². The maximum absolute atomic E-state index is 12.8. The molecule has 0 aromatic heterocycles. The first kappa shape index (κ1) is 59.4. The molecule has 0 saturated carbocycles. The molecule has 0 fully saturated rings. The summed E-state index contributed by atoms with van der Waals surface area (Å²) in [6.45, 7) is 9.03. The molecular weight excluding hydrogens is 757 g/mol. The molecule has 0 aliphatic heterocycles. The van der Waals surface area contributed by atoms with Crippen molar-refractivity contribution in [3.05, 3.63) is 0 Å². The molecule has 0 N–H and O–H groups in total. The Morgan fingerprint density at radius 1 is 0.311 bits per heavy atom. The number of unbranched alkanes of at least 4 members (excludes halogenated alkanes) is 37. The Kier molecular flexibility index (Phi) is 48.1. The van der Waals surface area contributed by atoms with Crippen LogP contribution in [0, 0.1) is 5.92 Å². The first-order valence-corrected chi connectivity index (χ1v) is 27.4. The Hall–Kier alpha value is -1.59. The van der Waals surface area contributed by atoms with Crippen LogP contribution in [-0.2, 0) is 28.6 Å². The SMILES string of the molecule is CCCCCCCCCCCCCCCCCCCCC(=O)OC[C@H](COC(=O)CCCCCCCCCCCCC)OC(=O)CCCCCCCCCCCCCC(C)C. The minimum absolute atomic E-state index is 0.0624. The monoisotopic (exact) mass is 863 g/mol. The van der Waals surface area contributed by atoms with Gasteiger partial charge in [-0.3, -0.25) is 14.4 Å². The summed E-state index contributed by atoms with van der Waals surface area (Å²) in [6, 6.07) is 0. The van der Waals surface area contributed by atoms with Gasteiger partial charge in [0.2, 0.25) is 0 Å². The topological polar surface area (TPSA) is 78.9 Å². The maximum atomic E-state index is 12.8. The highest BCUT2D eigenvalue weighted by Gasteiger charge is 2.19. The lowest BCUT2D eigenvalue weighted by Crippen LogP contribution is -2.30. The lowest BCUT2D eigenvalue weighted by atomic mass is 10.0. The Morgan fingerprint density at radius 2 is 0.541 bits per heavy atom. The summed E-state index contributed by atoms with van der Waals surface area (Å²) < 4.78 is 16.8. The fraction of sp³-hybridized carbons (Fsp3) is 0.945. The van der Waals surface area contributed by atoms with E-state index < -0.39 is 6.10 Å². The van der Waals surface area contributed by atoms with Crippen LogP contribution < -0.4 is 0 Å². The van der Waals surface area contributed by atoms with E-state index in [9.17, 15) is 14.4 Å². The highest BCUT2D eigenvalue weighted by Crippen LogP contribution is 2.17. The molecule has 0 heterocycles. The molecule has 6 nitrogen and oxygen atoms in total. The summed E-state index contributed by atoms with van der Waals surface area (Å²) in [7, 11) is 0. The van der Waals surface area contributed by atoms with E-state index in [1.807, 2.05) is 0 Å². The number of carbonyl (C=O) groups excluding carboxylic acids is 3. The smallest absolute Gasteiger partial charge is 0.306 e. The maximum Gasteiger partial charge on any atom is 0.306 e. The van der Waals surface area contributed by atoms with E-state index in [-0.39, 0.29) is 31.1 Å². The second-order valence-corrected chi connectivity index (χ2v) is 19.3. The minimum Gasteiger partial charge on any atom is -0.462 e. The van der Waals surface area contributed by atoms with Crippen LogP contribution in [0.15, 0.2) is 0 Å². The summed E-state index contributed by atoms with van der Waals surface area (Å²) in [6.07, 6.45) is 52.3. The van der Waals surface area contributed by atoms with Crippen molar-refractivity contribution in [2.75, 3.05) is 13.2 Å². The fourth-order valence-corrected chi connectivity index (χ4v) is 8.39. The van der Waals surface area contributed by atoms with Crippen LogP contribution in [0.4, 0.5) is 0 Å². The van der Waals surface area contributed by atoms with Crippen LogP contribution in [0.3, 0.4) is 0 Å². The first-order valence-electron chi connectivity index (χ1n) is 27.4. The quantitative estimate of drug-likeness (QED) is 0.0344. The third-order valence-corrected chi connectivity index (χ3v) is 12.5. The lowest BCUT2D eigenvalue weighted by molar-refractivity contribution is -0.167. The number of hydrogen-bond donors (Lipinski definition) is 0. The summed E-state index contributed by atoms with van der Waals surface area (Å²) in [4.78, 5) is 38.0. The lowest BCUT2D eigenvalue weighted by Gasteiger charge is -2.18. The number of esters is 3. The van der Waals surface area contributed by atoms with Gasteiger partial charge in [0.15, 0.2) is 6.10 Å². The molecule has 0 saturated heterocycles. The standard InChI is InChI=1S/C55H106O6/c1-5-7-9-11-13-15-17-18-19-20-21-22-23-27-31-35-39-43-47-54(57)60-50-52(49-59-53(56)46-42-38-34-30-25-16-14-12-10-8-6-2)61-55(58)48-44-40-36-32-28-24-26-29-33-37-41-45-51(3)4/h51-52H,5-50H2,1-4H3/t52-/m0/s1. The van der Waals surface area contributed by atoms with E-state index in [4.69, 9.17) is 14.2 Å². The van der Waals surface area contributed by atoms with Crippen molar-refractivity contribution in [2.24, 2.45) is 5.92 Å². The molecule has 0 radical (unpaired) electrons. The third-order valence-electron chi connectivity index (χ3n) is 12.5. The molecule has 0 aliphatic carbocycles. The predicted octanol–water partition coefficient (Wildman–Crippen LogP) is 17.8. The summed E-state index contributed by atoms with van der Waals surface area (Å²) in [5.74, 6) is -0.0166. The predicted molar refractivity (Wildman–Crippen MR) is 261 cm³/mol. The highest BCUT2D eigenvalue weighted by atomic mass is 16.6. The Labute approximate surface area is 380 Å². The number of rotatable bonds is 50. The van der Waals surface area contributed by atoms with E-state index in [1.54, 1.807) is 0 Å². The molecule has 0 spiro atoms. The van der Waals surface area contributed by atoms with Gasteiger partial charge < -0.3 is 14.2 Å². The molecule has 0 amide bonds. The van der Waals surface area contributed by atoms with Crippen LogP contribution in [-0.4, -0.2) is 37.2 Å². The van der Waals surface area contributed by atoms with E-state index in [0.29, 0.717) is 19.3 Å². The van der Waals surface area contributed by atoms with Crippen molar-refractivity contribution in [1.29, 1.82) is 0 Å². The molecule has 362 valence electrons. The van der Waals surface area contributed by atoms with Gasteiger partial charge in [-0.1, -0.05) is 272 Å². The van der Waals surface area contributed by atoms with Gasteiger partial charge in [0.25, 0.3) is 0 Å². The zero-order valence-electron chi connectivity index (χ0n) is 41.6. The van der Waals surface area contributed by atoms with Crippen molar-refractivity contribution in [3.8, 4) is 0 Å². The van der Waals surface area contributed by atoms with Gasteiger partial charge in [-0.25, -0.2) is 0 Å². The van der Waals surface area contributed by atoms with Crippen molar-refractivity contribution in [3.63, 3.8) is 0 Å². The zero-order valence-corrected chi connectivity index (χ0v) is 41.6. The molecule has 0 aromatic carbocycles. The first-order chi connectivity index (χ1) is 29.9. The van der Waals surface area contributed by atoms with Crippen LogP contribution >= 0.6 is 0 Å². The van der Waals surface area contributed by atoms with Crippen LogP contribution in [0.1, 0.15) is 310 Å². The molecule has 1 atom stereocenters. The average molecular weight is 863 g/mol. The molecular formula is C55H106O6. The Balaban J connectivity index is 4.26. The minimum atomic E-state index is -0.761. The van der Waals surface area contributed by atoms with Gasteiger partial charge in [-0.2, -0.15) is 0 Å². The van der Waals surface area contributed by atoms with E-state index >= 15 is 0 Å². The fourth-order valence-electron chi connectivity index (χ4n) is 8.39. The van der Waals surface area contributed by atoms with Gasteiger partial charge in [0, 0.05) is 19.3 Å². The molecule has 61 heavy (non-hydrogen) atoms. The van der Waals surface area contributed by atoms with Gasteiger partial charge >= 0.3 is 17.9 Å². The molecule has 6 heteroatoms. The highest BCUT2D eigenvalue weighted by molar-refractivity contribution is 5.71. The molecule has 0 rings (SSSR count). The van der Waals surface area contributed by atoms with E-state index in [2.05, 4.69) is 27.7 Å². The van der Waals surface area contributed by atoms with Gasteiger partial charge in [-0.05, 0) is 25.2 Å². The number of ether oxygens (including phenoxy) is 3. The van der Waals surface area contributed by atoms with E-state index in [0.717, 1.165) is 63.7 Å². The molecule has 0 bridgehead atoms. The third kappa shape index (κ3) is 49.3. The van der Waals surface area contributed by atoms with Crippen molar-refractivity contribution < 1.29 is 28.6 Å². The molecule has 0 aliphatic rings. The van der Waals surface area contributed by atoms with Crippen LogP contribution in [0.2, 0.25) is 0 Å². The Bertz CT molecular complexity index is 918. The van der Waals surface area contributed by atoms with Gasteiger partial charge in [0.05, 0.1) is 0 Å². The van der Waals surface area contributed by atoms with Crippen LogP contribution in [0.25, 0.3) is 0 Å². The van der Waals surface area contributed by atoms with Crippen molar-refractivity contribution in [1.82, 2.24) is 0 Å². The number of carbonyl (C=O) groups is 3. The Morgan fingerprint density at radius 3 is 0.803 bits per heavy atom. The van der Waals surface area contributed by atoms with Crippen molar-refractivity contribution >= 4 is 17.9 Å². The zero-order chi connectivity index (χ0) is 44.5. The molecule has 0 aromatic rings. The van der Waals surface area contributed by atoms with Crippen LogP contribution in [0.5, 0.6) is 0 Å². The van der Waals surface area contributed by atoms with Crippen molar-refractivity contribution in [2.45, 2.75) is 316 Å². The summed E-state index contributed by atoms with van der Waals surface area (Å²) in [5.41, 5.74) is 0. The van der Waals surface area contributed by atoms with Gasteiger partial charge in [-0.15, -0.1) is 0 Å². The second kappa shape index (κ2) is 49.4.